The van der Waals surface area contributed by atoms with Gasteiger partial charge in [-0.25, -0.2) is 0 Å². The SMILES string of the molecule is CO.COC(CC1(C(C)(C)C)[N-]C(=O)OC1[C@@H](C)C(=O)/C=C/C(C)(C)C)OC.COC(CC1(C(C)(C)C)[N-]C(=O)OC1[C@@H](C)C(O)/C=C/C(C)(C)C)OC.C[C@@H](C(=O)/C=C/C(C)(C)C)C1OC(=O)[N-]C1(CC=O)C(C)(C)C.C[C@@H](C(O)/C=C/C(C)(C)C)C1OC(=O)[N-]C1(CC=O)C(C)(C)C.Cl.O.[3H][P+](P)=S.[B].[Cl][Ce]([Cl])[Cl].[H-].[Na+].[Ru+].[Ru+].[Ru+].[Ru+]. The zero-order chi connectivity index (χ0) is 85.9. The maximum atomic E-state index is 12.7. The van der Waals surface area contributed by atoms with Crippen molar-refractivity contribution in [3.63, 3.8) is 0 Å². The van der Waals surface area contributed by atoms with Crippen molar-refractivity contribution in [3.05, 3.63) is 69.9 Å². The Balaban J connectivity index is -0.000000118. The first-order valence-corrected chi connectivity index (χ1v) is 51.0. The first-order chi connectivity index (χ1) is 48.7. The molecule has 38 heteroatoms. The monoisotopic (exact) mass is 2260 g/mol. The van der Waals surface area contributed by atoms with Crippen LogP contribution in [0.2, 0.25) is 0 Å². The molecule has 4 aliphatic heterocycles. The molecule has 4 rings (SSSR count). The van der Waals surface area contributed by atoms with Crippen LogP contribution in [-0.4, -0.2) is 186 Å². The number of allylic oxidation sites excluding steroid dienone is 6. The van der Waals surface area contributed by atoms with Crippen molar-refractivity contribution in [3.8, 4) is 0 Å². The van der Waals surface area contributed by atoms with Crippen molar-refractivity contribution < 1.29 is 237 Å². The zero-order valence-electron chi connectivity index (χ0n) is 76.2. The second-order valence-electron chi connectivity index (χ2n) is 35.6. The van der Waals surface area contributed by atoms with Crippen LogP contribution in [0.3, 0.4) is 0 Å². The second kappa shape index (κ2) is 61.0. The van der Waals surface area contributed by atoms with Crippen LogP contribution in [0.5, 0.6) is 0 Å². The van der Waals surface area contributed by atoms with Crippen molar-refractivity contribution in [1.29, 1.82) is 1.28 Å². The van der Waals surface area contributed by atoms with Gasteiger partial charge >= 0.3 is 156 Å². The third kappa shape index (κ3) is 46.1. The van der Waals surface area contributed by atoms with Gasteiger partial charge in [-0.15, -0.1) is 12.4 Å². The number of hydrogen-bond acceptors (Lipinski definition) is 20. The Labute approximate surface area is 805 Å². The number of aliphatic hydroxyl groups excluding tert-OH is 3. The van der Waals surface area contributed by atoms with Crippen molar-refractivity contribution in [2.24, 2.45) is 67.0 Å². The minimum Gasteiger partial charge on any atom is -1.00 e. The van der Waals surface area contributed by atoms with Crippen LogP contribution in [0.25, 0.3) is 21.3 Å². The fourth-order valence-electron chi connectivity index (χ4n) is 12.2. The Bertz CT molecular complexity index is 3030. The molecule has 0 aliphatic carbocycles. The summed E-state index contributed by atoms with van der Waals surface area (Å²) in [7, 11) is 9.40. The third-order valence-corrected chi connectivity index (χ3v) is 18.9. The summed E-state index contributed by atoms with van der Waals surface area (Å²) < 4.78 is 49.8. The largest absolute Gasteiger partial charge is 1.00 e. The minimum atomic E-state index is -2.24. The fraction of sp³-hybridized carbons (Fsp3) is 0.792. The number of carbonyl (C=O) groups excluding carboxylic acids is 8. The number of cyclic esters (lactones) is 4. The average Bonchev–Trinajstić information content (AvgIpc) is 1.64. The first-order valence-electron chi connectivity index (χ1n) is 36.1. The van der Waals surface area contributed by atoms with E-state index in [4.69, 9.17) is 61.2 Å². The number of rotatable bonds is 24. The molecule has 12 unspecified atom stereocenters. The predicted molar refractivity (Wildman–Crippen MR) is 451 cm³/mol. The average molecular weight is 2260 g/mol. The van der Waals surface area contributed by atoms with E-state index in [1.165, 1.54) is 20.3 Å². The zero-order valence-corrected chi connectivity index (χ0v) is 92.2. The standard InChI is InChI=1S/C20H37NO5.C20H35NO5.C18H31NO4.C18H29NO4.CH4O.B.Ce.4ClH.Na.H2O.H2P2S.4Ru.H/c2*1-13(14(22)10-11-18(2,3)4)16-20(19(5,6)7,21-17(23)26-16)12-15(24-8)25-9;2*1-12(13(21)8-9-16(2,3)4)14-18(10-11-20,17(5,6)7)19-15(22)23-14;1-2;;;;;;;;;1-2-3;;;;;/h10-11,13-16,22H,12H2,1-9H3,(H,21,23);10-11,13,15-16H,12H2,1-9H3,(H,21,23);8-9,11-14,21H,10H2,1-7H3,(H,19,22);8-9,11-12,14H,10H2,1-7H3,(H,19,22);2H,1H3;;;4*1H;;1H2;1H2;;;;;/q;;;;;;+3;;;;;+1;;;4*+1;-1/p-6/b2*11-10+;2*9-8+;;;;;;;;;;;;;;;/t13-,14?,16?,20?;13-,16?,20?;12-,13?,14?,18?;12-,14?,18?;;;;;;;;;;;;;;;/m0000.............../s1/i/hT. The van der Waals surface area contributed by atoms with Gasteiger partial charge in [0.05, 0.1) is 45.2 Å². The van der Waals surface area contributed by atoms with Gasteiger partial charge in [0.2, 0.25) is 24.4 Å². The van der Waals surface area contributed by atoms with Crippen LogP contribution in [0, 0.1) is 97.7 Å². The third-order valence-electron chi connectivity index (χ3n) is 18.9. The van der Waals surface area contributed by atoms with Crippen molar-refractivity contribution in [1.82, 2.24) is 0 Å². The number of halogens is 4. The van der Waals surface area contributed by atoms with Crippen LogP contribution in [0.4, 0.5) is 19.2 Å². The molecule has 5 N–H and O–H groups in total. The summed E-state index contributed by atoms with van der Waals surface area (Å²) in [5, 5.41) is 45.1. The Hall–Kier alpha value is 1.45. The molecule has 4 heterocycles. The Morgan fingerprint density at radius 1 is 0.513 bits per heavy atom. The molecule has 115 heavy (non-hydrogen) atoms. The molecule has 4 aliphatic rings. The van der Waals surface area contributed by atoms with Gasteiger partial charge in [0, 0.05) is 55.8 Å². The molecular weight excluding hydrogens is 2110 g/mol. The smallest absolute Gasteiger partial charge is 1.00 e. The number of ketones is 2. The number of ether oxygens (including phenoxy) is 8. The van der Waals surface area contributed by atoms with Crippen LogP contribution in [-0.2, 0) is 147 Å². The van der Waals surface area contributed by atoms with Crippen LogP contribution in [0.15, 0.2) is 48.6 Å². The van der Waals surface area contributed by atoms with E-state index in [1.807, 2.05) is 184 Å². The molecule has 0 saturated carbocycles. The molecule has 0 aromatic carbocycles. The van der Waals surface area contributed by atoms with Gasteiger partial charge in [-0.3, -0.25) is 28.8 Å². The van der Waals surface area contributed by atoms with Gasteiger partial charge < -0.3 is 91.0 Å². The molecule has 0 spiro atoms. The van der Waals surface area contributed by atoms with Gasteiger partial charge in [-0.05, 0) is 81.2 Å². The quantitative estimate of drug-likeness (QED) is 0.0154. The Kier molecular flexibility index (Phi) is 72.6. The normalized spacial score (nSPS) is 23.5. The van der Waals surface area contributed by atoms with Crippen molar-refractivity contribution in [2.75, 3.05) is 35.5 Å². The number of amides is 4. The summed E-state index contributed by atoms with van der Waals surface area (Å²) in [6.45, 7) is 54.2. The molecule has 670 valence electrons. The van der Waals surface area contributed by atoms with Crippen LogP contribution < -0.4 is 29.6 Å². The van der Waals surface area contributed by atoms with Gasteiger partial charge in [0.15, 0.2) is 42.9 Å². The second-order valence-corrected chi connectivity index (χ2v) is 52.1. The number of nitrogens with zero attached hydrogens (tertiary/aromatic N) is 4. The van der Waals surface area contributed by atoms with Crippen LogP contribution in [0.1, 0.15) is 221 Å². The fourth-order valence-corrected chi connectivity index (χ4v) is 12.2. The molecule has 4 saturated heterocycles. The summed E-state index contributed by atoms with van der Waals surface area (Å²) >= 11 is 2.07. The summed E-state index contributed by atoms with van der Waals surface area (Å²) in [5.74, 6) is -2.02. The van der Waals surface area contributed by atoms with E-state index in [-0.39, 0.29) is 193 Å². The van der Waals surface area contributed by atoms with E-state index in [2.05, 4.69) is 62.8 Å². The van der Waals surface area contributed by atoms with Crippen molar-refractivity contribution in [2.45, 2.75) is 291 Å². The molecule has 0 bridgehead atoms. The van der Waals surface area contributed by atoms with Gasteiger partial charge in [0.1, 0.15) is 24.8 Å². The molecular formula is C77H139BCeCl4N4NaO20P2Ru4S+. The summed E-state index contributed by atoms with van der Waals surface area (Å²) in [6.07, 6.45) is 8.67. The molecule has 24 nitrogen and oxygen atoms in total. The molecule has 4 amide bonds. The van der Waals surface area contributed by atoms with E-state index >= 15 is 0 Å². The molecule has 0 aromatic heterocycles. The number of methoxy groups -OCH3 is 4. The van der Waals surface area contributed by atoms with Gasteiger partial charge in [-0.2, -0.15) is 0 Å². The molecule has 4 fully saturated rings. The van der Waals surface area contributed by atoms with Gasteiger partial charge in [0.25, 0.3) is 0 Å². The maximum Gasteiger partial charge on any atom is 1.00 e. The van der Waals surface area contributed by atoms with E-state index in [0.717, 1.165) is 19.7 Å². The molecule has 7 radical (unpaired) electrons. The van der Waals surface area contributed by atoms with Crippen LogP contribution >= 0.6 is 45.2 Å². The van der Waals surface area contributed by atoms with Crippen molar-refractivity contribution >= 4 is 114 Å². The van der Waals surface area contributed by atoms with Gasteiger partial charge in [-0.1, -0.05) is 252 Å². The predicted octanol–water partition coefficient (Wildman–Crippen LogP) is 15.6. The van der Waals surface area contributed by atoms with E-state index < -0.39 is 167 Å². The van der Waals surface area contributed by atoms with E-state index in [0.29, 0.717) is 12.8 Å². The number of hydrogen-bond donors (Lipinski definition) is 3. The number of aldehydes is 2. The summed E-state index contributed by atoms with van der Waals surface area (Å²) in [5.41, 5.74) is 9.18. The summed E-state index contributed by atoms with van der Waals surface area (Å²) in [4.78, 5) is 95.5. The Morgan fingerprint density at radius 3 is 0.913 bits per heavy atom. The molecule has 16 atom stereocenters. The van der Waals surface area contributed by atoms with E-state index in [1.54, 1.807) is 46.3 Å². The Morgan fingerprint density at radius 2 is 0.704 bits per heavy atom. The topological polar surface area (TPSA) is 359 Å². The maximum absolute atomic E-state index is 12.7. The molecule has 0 aromatic rings. The van der Waals surface area contributed by atoms with E-state index in [9.17, 15) is 48.6 Å². The summed E-state index contributed by atoms with van der Waals surface area (Å²) in [6, 6.07) is 0. The number of aliphatic hydroxyl groups is 3. The minimum absolute atomic E-state index is 0. The first kappa shape index (κ1) is 137. The number of carbonyl (C=O) groups is 8.